The molecule has 3 heterocycles. The summed E-state index contributed by atoms with van der Waals surface area (Å²) in [6.45, 7) is 9.28. The molecule has 187 valence electrons. The Labute approximate surface area is 237 Å². The van der Waals surface area contributed by atoms with Crippen LogP contribution in [-0.2, 0) is 20.1 Å². The second kappa shape index (κ2) is 11.6. The van der Waals surface area contributed by atoms with Gasteiger partial charge in [0, 0.05) is 37.2 Å². The van der Waals surface area contributed by atoms with Crippen molar-refractivity contribution in [2.24, 2.45) is 0 Å². The molecule has 0 N–H and O–H groups in total. The topological polar surface area (TPSA) is 25.8 Å². The van der Waals surface area contributed by atoms with Crippen LogP contribution in [0.15, 0.2) is 97.3 Å². The summed E-state index contributed by atoms with van der Waals surface area (Å²) in [5, 5.41) is 4.24. The van der Waals surface area contributed by atoms with Gasteiger partial charge in [-0.15, -0.1) is 59.7 Å². The Bertz CT molecular complexity index is 1610. The van der Waals surface area contributed by atoms with Gasteiger partial charge >= 0.3 is 0 Å². The van der Waals surface area contributed by atoms with E-state index in [0.717, 1.165) is 22.5 Å². The van der Waals surface area contributed by atoms with Gasteiger partial charge in [-0.25, -0.2) is 0 Å². The number of hydrogen-bond acceptors (Lipinski definition) is 3. The van der Waals surface area contributed by atoms with Crippen LogP contribution in [0.1, 0.15) is 5.56 Å². The van der Waals surface area contributed by atoms with E-state index in [9.17, 15) is 0 Å². The minimum atomic E-state index is -1.37. The van der Waals surface area contributed by atoms with E-state index in [1.807, 2.05) is 79.2 Å². The van der Waals surface area contributed by atoms with Crippen molar-refractivity contribution < 1.29 is 20.1 Å². The summed E-state index contributed by atoms with van der Waals surface area (Å²) in [4.78, 5) is 8.84. The van der Waals surface area contributed by atoms with Crippen molar-refractivity contribution >= 4 is 44.8 Å². The maximum Gasteiger partial charge on any atom is 0.0794 e. The first-order valence-electron chi connectivity index (χ1n) is 12.1. The normalized spacial score (nSPS) is 11.0. The van der Waals surface area contributed by atoms with Gasteiger partial charge in [-0.1, -0.05) is 67.5 Å². The summed E-state index contributed by atoms with van der Waals surface area (Å²) in [5.74, 6) is 0. The van der Waals surface area contributed by atoms with Crippen LogP contribution >= 0.6 is 11.3 Å². The average Bonchev–Trinajstić information content (AvgIpc) is 3.29. The van der Waals surface area contributed by atoms with E-state index in [1.165, 1.54) is 25.7 Å². The first kappa shape index (κ1) is 27.1. The Hall–Kier alpha value is -2.95. The molecular formula is C32H28IrN2SSi-2. The summed E-state index contributed by atoms with van der Waals surface area (Å²) in [7, 11) is -1.37. The monoisotopic (exact) mass is 693 g/mol. The number of thiophene rings is 1. The molecular weight excluding hydrogens is 665 g/mol. The number of rotatable bonds is 3. The van der Waals surface area contributed by atoms with Gasteiger partial charge in [-0.05, 0) is 45.2 Å². The van der Waals surface area contributed by atoms with Crippen molar-refractivity contribution in [1.82, 2.24) is 9.97 Å². The second-order valence-corrected chi connectivity index (χ2v) is 15.9. The quantitative estimate of drug-likeness (QED) is 0.138. The van der Waals surface area contributed by atoms with E-state index in [4.69, 9.17) is 0 Å². The van der Waals surface area contributed by atoms with Crippen LogP contribution in [-0.4, -0.2) is 18.0 Å². The molecule has 0 aliphatic heterocycles. The maximum absolute atomic E-state index is 4.52. The largest absolute Gasteiger partial charge is 0.305 e. The van der Waals surface area contributed by atoms with E-state index in [0.29, 0.717) is 0 Å². The molecule has 5 heteroatoms. The van der Waals surface area contributed by atoms with Crippen LogP contribution in [0.3, 0.4) is 0 Å². The third kappa shape index (κ3) is 5.97. The van der Waals surface area contributed by atoms with Crippen LogP contribution in [0.4, 0.5) is 0 Å². The van der Waals surface area contributed by atoms with Crippen LogP contribution in [0.5, 0.6) is 0 Å². The van der Waals surface area contributed by atoms with Gasteiger partial charge in [-0.2, -0.15) is 11.3 Å². The Morgan fingerprint density at radius 3 is 2.19 bits per heavy atom. The summed E-state index contributed by atoms with van der Waals surface area (Å²) >= 11 is 1.90. The molecule has 6 rings (SSSR count). The molecule has 0 saturated heterocycles. The van der Waals surface area contributed by atoms with Crippen molar-refractivity contribution in [2.45, 2.75) is 26.6 Å². The zero-order valence-electron chi connectivity index (χ0n) is 21.4. The zero-order chi connectivity index (χ0) is 25.1. The minimum absolute atomic E-state index is 0. The SMILES string of the molecule is C[Si](C)(C)c1cccc2c1sc1c(-c3ccccn3)[c-]ccc12.Cc1ccc(-c2[c-]cccc2)nc1.[Ir]. The molecule has 0 unspecified atom stereocenters. The van der Waals surface area contributed by atoms with Gasteiger partial charge < -0.3 is 9.97 Å². The fourth-order valence-electron chi connectivity index (χ4n) is 4.23. The molecule has 0 spiro atoms. The molecule has 3 aromatic carbocycles. The van der Waals surface area contributed by atoms with Crippen molar-refractivity contribution in [3.05, 3.63) is 115 Å². The van der Waals surface area contributed by atoms with E-state index >= 15 is 0 Å². The number of aromatic nitrogens is 2. The predicted octanol–water partition coefficient (Wildman–Crippen LogP) is 8.32. The molecule has 0 aliphatic carbocycles. The van der Waals surface area contributed by atoms with E-state index in [1.54, 1.807) is 5.19 Å². The zero-order valence-corrected chi connectivity index (χ0v) is 25.6. The summed E-state index contributed by atoms with van der Waals surface area (Å²) in [6.07, 6.45) is 3.72. The number of pyridine rings is 2. The van der Waals surface area contributed by atoms with E-state index < -0.39 is 8.07 Å². The Balaban J connectivity index is 0.000000195. The van der Waals surface area contributed by atoms with Gasteiger partial charge in [0.05, 0.1) is 8.07 Å². The van der Waals surface area contributed by atoms with E-state index in [-0.39, 0.29) is 20.1 Å². The second-order valence-electron chi connectivity index (χ2n) is 9.84. The molecule has 0 aliphatic rings. The summed E-state index contributed by atoms with van der Waals surface area (Å²) in [5.41, 5.74) is 5.32. The van der Waals surface area contributed by atoms with Gasteiger partial charge in [0.1, 0.15) is 0 Å². The van der Waals surface area contributed by atoms with Gasteiger partial charge in [0.2, 0.25) is 0 Å². The van der Waals surface area contributed by atoms with E-state index in [2.05, 4.69) is 78.1 Å². The molecule has 0 atom stereocenters. The number of fused-ring (bicyclic) bond motifs is 3. The maximum atomic E-state index is 4.52. The number of benzene rings is 3. The third-order valence-electron chi connectivity index (χ3n) is 6.08. The third-order valence-corrected chi connectivity index (χ3v) is 9.57. The molecule has 0 amide bonds. The molecule has 37 heavy (non-hydrogen) atoms. The Morgan fingerprint density at radius 2 is 1.51 bits per heavy atom. The summed E-state index contributed by atoms with van der Waals surface area (Å²) in [6, 6.07) is 35.5. The smallest absolute Gasteiger partial charge is 0.0794 e. The van der Waals surface area contributed by atoms with Crippen molar-refractivity contribution in [2.75, 3.05) is 0 Å². The van der Waals surface area contributed by atoms with Gasteiger partial charge in [0.25, 0.3) is 0 Å². The number of nitrogens with zero attached hydrogens (tertiary/aromatic N) is 2. The molecule has 1 radical (unpaired) electrons. The van der Waals surface area contributed by atoms with Gasteiger partial charge in [0.15, 0.2) is 0 Å². The predicted molar refractivity (Wildman–Crippen MR) is 158 cm³/mol. The van der Waals surface area contributed by atoms with Crippen LogP contribution in [0.2, 0.25) is 19.6 Å². The minimum Gasteiger partial charge on any atom is -0.305 e. The number of hydrogen-bond donors (Lipinski definition) is 0. The molecule has 6 aromatic rings. The van der Waals surface area contributed by atoms with Crippen molar-refractivity contribution in [3.8, 4) is 22.5 Å². The molecule has 0 saturated carbocycles. The van der Waals surface area contributed by atoms with Crippen molar-refractivity contribution in [3.63, 3.8) is 0 Å². The molecule has 3 aromatic heterocycles. The van der Waals surface area contributed by atoms with Crippen LogP contribution < -0.4 is 5.19 Å². The standard InChI is InChI=1S/C20H18NSSi.C12H10N.Ir/c1-23(2,3)18-12-7-9-15-14-8-6-10-16(19(14)22-20(15)18)17-11-4-5-13-21-17;1-10-7-8-12(13-9-10)11-5-3-2-4-6-11;/h4-9,11-13H,1-3H3;2-5,7-9H,1H3;/q2*-1;. The summed E-state index contributed by atoms with van der Waals surface area (Å²) < 4.78 is 2.74. The number of aryl methyl sites for hydroxylation is 1. The Kier molecular flexibility index (Phi) is 8.51. The molecule has 0 fully saturated rings. The van der Waals surface area contributed by atoms with Crippen molar-refractivity contribution in [1.29, 1.82) is 0 Å². The molecule has 2 nitrogen and oxygen atoms in total. The first-order chi connectivity index (χ1) is 17.4. The average molecular weight is 693 g/mol. The fourth-order valence-corrected chi connectivity index (χ4v) is 7.94. The van der Waals surface area contributed by atoms with Crippen LogP contribution in [0.25, 0.3) is 42.7 Å². The van der Waals surface area contributed by atoms with Gasteiger partial charge in [-0.3, -0.25) is 0 Å². The first-order valence-corrected chi connectivity index (χ1v) is 16.4. The van der Waals surface area contributed by atoms with Crippen LogP contribution in [0, 0.1) is 19.1 Å². The molecule has 0 bridgehead atoms. The fraction of sp³-hybridized carbons (Fsp3) is 0.125. The Morgan fingerprint density at radius 1 is 0.703 bits per heavy atom.